The van der Waals surface area contributed by atoms with Gasteiger partial charge in [0.1, 0.15) is 0 Å². The number of fused-ring (bicyclic) bond motifs is 1. The van der Waals surface area contributed by atoms with Crippen molar-refractivity contribution < 1.29 is 4.92 Å². The SMILES string of the molecule is CNC(Cc1ccc([N+](=O)[O-])cc1)c1cc2c(s1)CCC2. The fraction of sp³-hybridized carbons (Fsp3) is 0.375. The monoisotopic (exact) mass is 302 g/mol. The Bertz CT molecular complexity index is 627. The van der Waals surface area contributed by atoms with E-state index in [0.717, 1.165) is 12.0 Å². The molecule has 1 atom stereocenters. The van der Waals surface area contributed by atoms with Gasteiger partial charge < -0.3 is 5.32 Å². The molecule has 0 saturated carbocycles. The molecular formula is C16H18N2O2S. The van der Waals surface area contributed by atoms with E-state index in [1.54, 1.807) is 12.1 Å². The number of nitrogens with one attached hydrogen (secondary N) is 1. The fourth-order valence-corrected chi connectivity index (χ4v) is 4.23. The number of nitro groups is 1. The van der Waals surface area contributed by atoms with Crippen molar-refractivity contribution in [3.8, 4) is 0 Å². The van der Waals surface area contributed by atoms with Gasteiger partial charge in [-0.2, -0.15) is 0 Å². The highest BCUT2D eigenvalue weighted by Crippen LogP contribution is 2.34. The number of nitro benzene ring substituents is 1. The summed E-state index contributed by atoms with van der Waals surface area (Å²) in [4.78, 5) is 13.2. The zero-order valence-electron chi connectivity index (χ0n) is 12.0. The Morgan fingerprint density at radius 2 is 2.10 bits per heavy atom. The van der Waals surface area contributed by atoms with E-state index in [2.05, 4.69) is 11.4 Å². The summed E-state index contributed by atoms with van der Waals surface area (Å²) in [6.07, 6.45) is 4.57. The largest absolute Gasteiger partial charge is 0.312 e. The van der Waals surface area contributed by atoms with Crippen LogP contribution < -0.4 is 5.32 Å². The second-order valence-corrected chi connectivity index (χ2v) is 6.59. The number of hydrogen-bond acceptors (Lipinski definition) is 4. The van der Waals surface area contributed by atoms with Gasteiger partial charge in [-0.05, 0) is 49.9 Å². The van der Waals surface area contributed by atoms with Crippen molar-refractivity contribution in [1.82, 2.24) is 5.32 Å². The molecule has 0 bridgehead atoms. The molecule has 1 aromatic carbocycles. The lowest BCUT2D eigenvalue weighted by Gasteiger charge is -2.14. The molecule has 21 heavy (non-hydrogen) atoms. The fourth-order valence-electron chi connectivity index (χ4n) is 2.86. The lowest BCUT2D eigenvalue weighted by Crippen LogP contribution is -2.17. The maximum Gasteiger partial charge on any atom is 0.269 e. The highest BCUT2D eigenvalue weighted by Gasteiger charge is 2.19. The van der Waals surface area contributed by atoms with Crippen molar-refractivity contribution in [2.24, 2.45) is 0 Å². The molecule has 5 heteroatoms. The lowest BCUT2D eigenvalue weighted by atomic mass is 10.0. The normalized spacial score (nSPS) is 14.9. The van der Waals surface area contributed by atoms with E-state index in [1.807, 2.05) is 30.5 Å². The summed E-state index contributed by atoms with van der Waals surface area (Å²) < 4.78 is 0. The summed E-state index contributed by atoms with van der Waals surface area (Å²) in [5.74, 6) is 0. The smallest absolute Gasteiger partial charge is 0.269 e. The number of likely N-dealkylation sites (N-methyl/N-ethyl adjacent to an activating group) is 1. The minimum atomic E-state index is -0.358. The lowest BCUT2D eigenvalue weighted by molar-refractivity contribution is -0.384. The number of benzene rings is 1. The van der Waals surface area contributed by atoms with Crippen LogP contribution in [0.3, 0.4) is 0 Å². The quantitative estimate of drug-likeness (QED) is 0.677. The van der Waals surface area contributed by atoms with Gasteiger partial charge in [-0.25, -0.2) is 0 Å². The van der Waals surface area contributed by atoms with Crippen molar-refractivity contribution in [2.75, 3.05) is 7.05 Å². The molecule has 0 spiro atoms. The second-order valence-electron chi connectivity index (χ2n) is 5.42. The van der Waals surface area contributed by atoms with Gasteiger partial charge in [0.2, 0.25) is 0 Å². The van der Waals surface area contributed by atoms with Crippen LogP contribution in [0, 0.1) is 10.1 Å². The van der Waals surface area contributed by atoms with Gasteiger partial charge >= 0.3 is 0 Å². The number of non-ortho nitro benzene ring substituents is 1. The van der Waals surface area contributed by atoms with Crippen molar-refractivity contribution in [2.45, 2.75) is 31.7 Å². The number of aryl methyl sites for hydroxylation is 2. The second kappa shape index (κ2) is 5.95. The van der Waals surface area contributed by atoms with E-state index in [-0.39, 0.29) is 16.7 Å². The molecule has 1 aliphatic carbocycles. The van der Waals surface area contributed by atoms with Crippen LogP contribution in [0.1, 0.15) is 33.3 Å². The van der Waals surface area contributed by atoms with E-state index < -0.39 is 0 Å². The third-order valence-corrected chi connectivity index (χ3v) is 5.40. The molecule has 1 aliphatic rings. The standard InChI is InChI=1S/C16H18N2O2S/c1-17-14(16-10-12-3-2-4-15(12)21-16)9-11-5-7-13(8-6-11)18(19)20/h5-8,10,14,17H,2-4,9H2,1H3. The van der Waals surface area contributed by atoms with Gasteiger partial charge in [0, 0.05) is 27.9 Å². The molecule has 4 nitrogen and oxygen atoms in total. The molecule has 0 fully saturated rings. The van der Waals surface area contributed by atoms with Gasteiger partial charge in [-0.1, -0.05) is 12.1 Å². The first-order valence-electron chi connectivity index (χ1n) is 7.19. The summed E-state index contributed by atoms with van der Waals surface area (Å²) in [6, 6.07) is 9.47. The van der Waals surface area contributed by atoms with Crippen LogP contribution in [0.4, 0.5) is 5.69 Å². The molecule has 1 aromatic heterocycles. The van der Waals surface area contributed by atoms with Crippen LogP contribution >= 0.6 is 11.3 Å². The van der Waals surface area contributed by atoms with Crippen molar-refractivity contribution in [1.29, 1.82) is 0 Å². The summed E-state index contributed by atoms with van der Waals surface area (Å²) in [6.45, 7) is 0. The van der Waals surface area contributed by atoms with E-state index in [4.69, 9.17) is 0 Å². The first kappa shape index (κ1) is 14.2. The number of rotatable bonds is 5. The van der Waals surface area contributed by atoms with Crippen LogP contribution in [-0.2, 0) is 19.3 Å². The van der Waals surface area contributed by atoms with Gasteiger partial charge in [-0.3, -0.25) is 10.1 Å². The molecule has 1 unspecified atom stereocenters. The zero-order chi connectivity index (χ0) is 14.8. The van der Waals surface area contributed by atoms with Gasteiger partial charge in [0.25, 0.3) is 5.69 Å². The Morgan fingerprint density at radius 1 is 1.33 bits per heavy atom. The average Bonchev–Trinajstić information content (AvgIpc) is 3.06. The molecular weight excluding hydrogens is 284 g/mol. The third-order valence-electron chi connectivity index (χ3n) is 4.04. The average molecular weight is 302 g/mol. The molecule has 2 aromatic rings. The summed E-state index contributed by atoms with van der Waals surface area (Å²) in [5.41, 5.74) is 2.78. The van der Waals surface area contributed by atoms with Crippen LogP contribution in [0.5, 0.6) is 0 Å². The van der Waals surface area contributed by atoms with Crippen LogP contribution in [-0.4, -0.2) is 12.0 Å². The van der Waals surface area contributed by atoms with E-state index >= 15 is 0 Å². The Morgan fingerprint density at radius 3 is 2.71 bits per heavy atom. The highest BCUT2D eigenvalue weighted by molar-refractivity contribution is 7.12. The Labute approximate surface area is 128 Å². The Balaban J connectivity index is 1.75. The van der Waals surface area contributed by atoms with Gasteiger partial charge in [-0.15, -0.1) is 11.3 Å². The number of thiophene rings is 1. The summed E-state index contributed by atoms with van der Waals surface area (Å²) in [7, 11) is 1.97. The maximum absolute atomic E-state index is 10.7. The highest BCUT2D eigenvalue weighted by atomic mass is 32.1. The molecule has 1 heterocycles. The molecule has 1 N–H and O–H groups in total. The van der Waals surface area contributed by atoms with Crippen molar-refractivity contribution >= 4 is 17.0 Å². The molecule has 0 saturated heterocycles. The predicted molar refractivity (Wildman–Crippen MR) is 84.9 cm³/mol. The van der Waals surface area contributed by atoms with Gasteiger partial charge in [0.15, 0.2) is 0 Å². The number of nitrogens with zero attached hydrogens (tertiary/aromatic N) is 1. The molecule has 0 amide bonds. The van der Waals surface area contributed by atoms with Crippen LogP contribution in [0.15, 0.2) is 30.3 Å². The van der Waals surface area contributed by atoms with E-state index in [1.165, 1.54) is 34.6 Å². The molecule has 3 rings (SSSR count). The Hall–Kier alpha value is -1.72. The molecule has 110 valence electrons. The molecule has 0 aliphatic heterocycles. The predicted octanol–water partition coefficient (Wildman–Crippen LogP) is 3.65. The summed E-state index contributed by atoms with van der Waals surface area (Å²) in [5, 5.41) is 14.1. The van der Waals surface area contributed by atoms with Crippen molar-refractivity contribution in [3.05, 3.63) is 61.3 Å². The third kappa shape index (κ3) is 2.99. The first-order valence-corrected chi connectivity index (χ1v) is 8.01. The van der Waals surface area contributed by atoms with Crippen molar-refractivity contribution in [3.63, 3.8) is 0 Å². The van der Waals surface area contributed by atoms with E-state index in [0.29, 0.717) is 0 Å². The minimum absolute atomic E-state index is 0.148. The molecule has 0 radical (unpaired) electrons. The number of hydrogen-bond donors (Lipinski definition) is 1. The zero-order valence-corrected chi connectivity index (χ0v) is 12.8. The van der Waals surface area contributed by atoms with E-state index in [9.17, 15) is 10.1 Å². The Kier molecular flexibility index (Phi) is 4.03. The topological polar surface area (TPSA) is 55.2 Å². The van der Waals surface area contributed by atoms with Gasteiger partial charge in [0.05, 0.1) is 4.92 Å². The first-order chi connectivity index (χ1) is 10.2. The summed E-state index contributed by atoms with van der Waals surface area (Å²) >= 11 is 1.91. The van der Waals surface area contributed by atoms with Crippen LogP contribution in [0.25, 0.3) is 0 Å². The maximum atomic E-state index is 10.7. The minimum Gasteiger partial charge on any atom is -0.312 e. The van der Waals surface area contributed by atoms with Crippen LogP contribution in [0.2, 0.25) is 0 Å².